The highest BCUT2D eigenvalue weighted by atomic mass is 16.5. The van der Waals surface area contributed by atoms with Gasteiger partial charge in [0, 0.05) is 37.9 Å². The number of pyridine rings is 1. The molecule has 1 spiro atoms. The van der Waals surface area contributed by atoms with E-state index in [4.69, 9.17) is 4.74 Å². The number of carbonyl (C=O) groups is 2. The van der Waals surface area contributed by atoms with Crippen LogP contribution in [0.5, 0.6) is 0 Å². The Kier molecular flexibility index (Phi) is 5.37. The second-order valence-electron chi connectivity index (χ2n) is 7.26. The number of aromatic nitrogens is 1. The molecule has 6 heteroatoms. The Hall–Kier alpha value is -1.95. The van der Waals surface area contributed by atoms with Crippen molar-refractivity contribution >= 4 is 11.8 Å². The van der Waals surface area contributed by atoms with Gasteiger partial charge in [-0.3, -0.25) is 9.59 Å². The molecule has 1 saturated carbocycles. The second-order valence-corrected chi connectivity index (χ2v) is 7.26. The van der Waals surface area contributed by atoms with Gasteiger partial charge in [-0.15, -0.1) is 0 Å². The first kappa shape index (κ1) is 17.9. The molecule has 1 aromatic heterocycles. The van der Waals surface area contributed by atoms with Crippen molar-refractivity contribution in [3.63, 3.8) is 0 Å². The first-order valence-corrected chi connectivity index (χ1v) is 9.05. The third kappa shape index (κ3) is 3.68. The van der Waals surface area contributed by atoms with E-state index < -0.39 is 0 Å². The Bertz CT molecular complexity index is 641. The van der Waals surface area contributed by atoms with Gasteiger partial charge >= 0.3 is 0 Å². The number of carbonyl (C=O) groups excluding carboxylic acids is 2. The first-order chi connectivity index (χ1) is 12.1. The monoisotopic (exact) mass is 345 g/mol. The molecular formula is C19H27N3O3. The molecule has 1 aliphatic heterocycles. The van der Waals surface area contributed by atoms with Crippen molar-refractivity contribution in [2.75, 3.05) is 33.4 Å². The molecule has 0 radical (unpaired) electrons. The summed E-state index contributed by atoms with van der Waals surface area (Å²) in [5.41, 5.74) is 1.22. The van der Waals surface area contributed by atoms with Gasteiger partial charge in [-0.1, -0.05) is 18.9 Å². The van der Waals surface area contributed by atoms with Crippen LogP contribution in [0, 0.1) is 18.3 Å². The molecule has 2 fully saturated rings. The molecule has 1 unspecified atom stereocenters. The van der Waals surface area contributed by atoms with Gasteiger partial charge in [0.2, 0.25) is 5.91 Å². The van der Waals surface area contributed by atoms with Crippen molar-refractivity contribution in [3.8, 4) is 0 Å². The minimum Gasteiger partial charge on any atom is -0.383 e. The van der Waals surface area contributed by atoms with Crippen LogP contribution in [-0.4, -0.2) is 55.0 Å². The van der Waals surface area contributed by atoms with Crippen LogP contribution in [-0.2, 0) is 9.53 Å². The van der Waals surface area contributed by atoms with Crippen molar-refractivity contribution in [1.29, 1.82) is 0 Å². The number of ether oxygens (including phenoxy) is 1. The maximum atomic E-state index is 12.9. The van der Waals surface area contributed by atoms with Crippen LogP contribution in [0.25, 0.3) is 0 Å². The predicted molar refractivity (Wildman–Crippen MR) is 94.2 cm³/mol. The standard InChI is InChI=1S/C19H27N3O3/c1-14-6-5-7-16(21-14)18(24)22-12-15(17(23)20-10-11-25-2)19(13-22)8-3-4-9-19/h5-7,15H,3-4,8-13H2,1-2H3,(H,20,23). The summed E-state index contributed by atoms with van der Waals surface area (Å²) in [6.45, 7) is 4.03. The molecule has 0 aromatic carbocycles. The Morgan fingerprint density at radius 1 is 1.36 bits per heavy atom. The normalized spacial score (nSPS) is 21.7. The van der Waals surface area contributed by atoms with E-state index in [1.807, 2.05) is 24.0 Å². The van der Waals surface area contributed by atoms with E-state index in [0.717, 1.165) is 31.4 Å². The third-order valence-electron chi connectivity index (χ3n) is 5.56. The SMILES string of the molecule is COCCNC(=O)C1CN(C(=O)c2cccc(C)n2)CC12CCCC2. The maximum absolute atomic E-state index is 12.9. The van der Waals surface area contributed by atoms with Crippen LogP contribution < -0.4 is 5.32 Å². The molecule has 25 heavy (non-hydrogen) atoms. The van der Waals surface area contributed by atoms with Crippen molar-refractivity contribution in [2.45, 2.75) is 32.6 Å². The lowest BCUT2D eigenvalue weighted by Crippen LogP contribution is -2.41. The fraction of sp³-hybridized carbons (Fsp3) is 0.632. The lowest BCUT2D eigenvalue weighted by molar-refractivity contribution is -0.127. The third-order valence-corrected chi connectivity index (χ3v) is 5.56. The smallest absolute Gasteiger partial charge is 0.272 e. The molecule has 1 aromatic rings. The van der Waals surface area contributed by atoms with E-state index in [1.54, 1.807) is 13.2 Å². The zero-order valence-corrected chi connectivity index (χ0v) is 15.1. The molecule has 2 aliphatic rings. The zero-order valence-electron chi connectivity index (χ0n) is 15.1. The molecule has 3 rings (SSSR count). The van der Waals surface area contributed by atoms with E-state index >= 15 is 0 Å². The average Bonchev–Trinajstić information content (AvgIpc) is 3.22. The summed E-state index contributed by atoms with van der Waals surface area (Å²) >= 11 is 0. The molecule has 2 amide bonds. The minimum atomic E-state index is -0.138. The minimum absolute atomic E-state index is 0.0476. The van der Waals surface area contributed by atoms with Gasteiger partial charge < -0.3 is 15.0 Å². The topological polar surface area (TPSA) is 71.5 Å². The average molecular weight is 345 g/mol. The van der Waals surface area contributed by atoms with Gasteiger partial charge in [0.05, 0.1) is 12.5 Å². The van der Waals surface area contributed by atoms with Gasteiger partial charge in [0.15, 0.2) is 0 Å². The number of likely N-dealkylation sites (tertiary alicyclic amines) is 1. The number of hydrogen-bond acceptors (Lipinski definition) is 4. The van der Waals surface area contributed by atoms with Crippen LogP contribution in [0.15, 0.2) is 18.2 Å². The van der Waals surface area contributed by atoms with Crippen LogP contribution in [0.1, 0.15) is 41.9 Å². The molecule has 1 N–H and O–H groups in total. The lowest BCUT2D eigenvalue weighted by atomic mass is 9.76. The number of amides is 2. The molecule has 0 bridgehead atoms. The largest absolute Gasteiger partial charge is 0.383 e. The van der Waals surface area contributed by atoms with Crippen LogP contribution in [0.3, 0.4) is 0 Å². The summed E-state index contributed by atoms with van der Waals surface area (Å²) in [4.78, 5) is 31.8. The number of nitrogens with zero attached hydrogens (tertiary/aromatic N) is 2. The summed E-state index contributed by atoms with van der Waals surface area (Å²) in [5.74, 6) is -0.158. The summed E-state index contributed by atoms with van der Waals surface area (Å²) in [7, 11) is 1.62. The molecule has 136 valence electrons. The number of hydrogen-bond donors (Lipinski definition) is 1. The number of nitrogens with one attached hydrogen (secondary N) is 1. The fourth-order valence-electron chi connectivity index (χ4n) is 4.29. The number of rotatable bonds is 5. The van der Waals surface area contributed by atoms with Gasteiger partial charge in [-0.25, -0.2) is 4.98 Å². The fourth-order valence-corrected chi connectivity index (χ4v) is 4.29. The second kappa shape index (κ2) is 7.52. The van der Waals surface area contributed by atoms with E-state index in [1.165, 1.54) is 0 Å². The zero-order chi connectivity index (χ0) is 17.9. The van der Waals surface area contributed by atoms with E-state index in [9.17, 15) is 9.59 Å². The van der Waals surface area contributed by atoms with Gasteiger partial charge in [0.25, 0.3) is 5.91 Å². The summed E-state index contributed by atoms with van der Waals surface area (Å²) < 4.78 is 5.01. The maximum Gasteiger partial charge on any atom is 0.272 e. The molecule has 6 nitrogen and oxygen atoms in total. The number of methoxy groups -OCH3 is 1. The van der Waals surface area contributed by atoms with Crippen LogP contribution >= 0.6 is 0 Å². The Labute approximate surface area is 148 Å². The van der Waals surface area contributed by atoms with Crippen molar-refractivity contribution in [3.05, 3.63) is 29.6 Å². The molecule has 1 aliphatic carbocycles. The Morgan fingerprint density at radius 2 is 2.12 bits per heavy atom. The summed E-state index contributed by atoms with van der Waals surface area (Å²) in [5, 5.41) is 2.97. The Morgan fingerprint density at radius 3 is 2.80 bits per heavy atom. The first-order valence-electron chi connectivity index (χ1n) is 9.05. The van der Waals surface area contributed by atoms with Crippen LogP contribution in [0.4, 0.5) is 0 Å². The van der Waals surface area contributed by atoms with Crippen molar-refractivity contribution < 1.29 is 14.3 Å². The van der Waals surface area contributed by atoms with Crippen molar-refractivity contribution in [1.82, 2.24) is 15.2 Å². The van der Waals surface area contributed by atoms with E-state index in [-0.39, 0.29) is 23.1 Å². The van der Waals surface area contributed by atoms with Gasteiger partial charge in [-0.05, 0) is 31.9 Å². The highest BCUT2D eigenvalue weighted by Crippen LogP contribution is 2.49. The van der Waals surface area contributed by atoms with Gasteiger partial charge in [-0.2, -0.15) is 0 Å². The predicted octanol–water partition coefficient (Wildman–Crippen LogP) is 1.79. The number of aryl methyl sites for hydroxylation is 1. The van der Waals surface area contributed by atoms with E-state index in [0.29, 0.717) is 31.9 Å². The molecule has 1 atom stereocenters. The highest BCUT2D eigenvalue weighted by molar-refractivity contribution is 5.93. The van der Waals surface area contributed by atoms with Crippen molar-refractivity contribution in [2.24, 2.45) is 11.3 Å². The summed E-state index contributed by atoms with van der Waals surface area (Å²) in [6.07, 6.45) is 4.29. The highest BCUT2D eigenvalue weighted by Gasteiger charge is 2.52. The quantitative estimate of drug-likeness (QED) is 0.826. The molecule has 2 heterocycles. The lowest BCUT2D eigenvalue weighted by Gasteiger charge is -2.28. The van der Waals surface area contributed by atoms with E-state index in [2.05, 4.69) is 10.3 Å². The molecule has 1 saturated heterocycles. The molecular weight excluding hydrogens is 318 g/mol. The summed E-state index contributed by atoms with van der Waals surface area (Å²) in [6, 6.07) is 5.49. The van der Waals surface area contributed by atoms with Crippen LogP contribution in [0.2, 0.25) is 0 Å². The Balaban J connectivity index is 1.75. The van der Waals surface area contributed by atoms with Gasteiger partial charge in [0.1, 0.15) is 5.69 Å².